The molecule has 3 nitrogen and oxygen atoms in total. The summed E-state index contributed by atoms with van der Waals surface area (Å²) in [4.78, 5) is 8.37. The number of alkyl halides is 1. The van der Waals surface area contributed by atoms with Gasteiger partial charge in [0.15, 0.2) is 0 Å². The zero-order valence-electron chi connectivity index (χ0n) is 9.70. The van der Waals surface area contributed by atoms with Crippen LogP contribution in [0, 0.1) is 5.41 Å². The van der Waals surface area contributed by atoms with Gasteiger partial charge in [0.2, 0.25) is 0 Å². The molecule has 0 aromatic carbocycles. The van der Waals surface area contributed by atoms with Crippen molar-refractivity contribution < 1.29 is 0 Å². The van der Waals surface area contributed by atoms with E-state index in [4.69, 9.17) is 11.6 Å². The summed E-state index contributed by atoms with van der Waals surface area (Å²) in [6, 6.07) is 2.38. The van der Waals surface area contributed by atoms with Crippen molar-refractivity contribution in [2.24, 2.45) is 5.41 Å². The number of halogens is 1. The summed E-state index contributed by atoms with van der Waals surface area (Å²) in [6.07, 6.45) is 4.60. The van der Waals surface area contributed by atoms with Crippen molar-refractivity contribution in [3.05, 3.63) is 12.4 Å². The third-order valence-corrected chi connectivity index (χ3v) is 4.70. The fourth-order valence-corrected chi connectivity index (χ4v) is 2.54. The maximum Gasteiger partial charge on any atom is 0.130 e. The van der Waals surface area contributed by atoms with Crippen molar-refractivity contribution in [1.29, 1.82) is 0 Å². The fourth-order valence-electron chi connectivity index (χ4n) is 1.83. The van der Waals surface area contributed by atoms with Crippen molar-refractivity contribution in [3.8, 4) is 0 Å². The molecule has 1 saturated carbocycles. The standard InChI is InChI=1S/C11H16ClN3S/c1-11(2)7(12)4-8(11)15-9-5-10(16-3)14-6-13-9/h5-8H,4H2,1-3H3,(H,13,14,15). The van der Waals surface area contributed by atoms with E-state index in [1.807, 2.05) is 12.3 Å². The highest BCUT2D eigenvalue weighted by atomic mass is 35.5. The van der Waals surface area contributed by atoms with Gasteiger partial charge >= 0.3 is 0 Å². The molecule has 1 fully saturated rings. The average molecular weight is 258 g/mol. The van der Waals surface area contributed by atoms with Crippen LogP contribution in [0.4, 0.5) is 5.82 Å². The molecule has 16 heavy (non-hydrogen) atoms. The molecule has 0 bridgehead atoms. The molecular weight excluding hydrogens is 242 g/mol. The van der Waals surface area contributed by atoms with Gasteiger partial charge in [0.1, 0.15) is 17.2 Å². The Kier molecular flexibility index (Phi) is 3.31. The third kappa shape index (κ3) is 2.13. The smallest absolute Gasteiger partial charge is 0.130 e. The molecule has 0 radical (unpaired) electrons. The van der Waals surface area contributed by atoms with Crippen LogP contribution in [0.25, 0.3) is 0 Å². The second-order valence-electron chi connectivity index (χ2n) is 4.67. The molecule has 1 aromatic rings. The van der Waals surface area contributed by atoms with Crippen molar-refractivity contribution >= 4 is 29.2 Å². The lowest BCUT2D eigenvalue weighted by Gasteiger charge is -2.49. The van der Waals surface area contributed by atoms with E-state index >= 15 is 0 Å². The molecule has 1 aromatic heterocycles. The largest absolute Gasteiger partial charge is 0.367 e. The number of anilines is 1. The zero-order chi connectivity index (χ0) is 11.8. The predicted molar refractivity (Wildman–Crippen MR) is 69.3 cm³/mol. The van der Waals surface area contributed by atoms with Crippen LogP contribution in [0.2, 0.25) is 0 Å². The van der Waals surface area contributed by atoms with E-state index in [1.165, 1.54) is 0 Å². The van der Waals surface area contributed by atoms with Crippen LogP contribution < -0.4 is 5.32 Å². The molecule has 2 rings (SSSR count). The van der Waals surface area contributed by atoms with E-state index in [0.29, 0.717) is 6.04 Å². The number of hydrogen-bond acceptors (Lipinski definition) is 4. The summed E-state index contributed by atoms with van der Waals surface area (Å²) in [6.45, 7) is 4.37. The van der Waals surface area contributed by atoms with Gasteiger partial charge in [-0.1, -0.05) is 13.8 Å². The minimum absolute atomic E-state index is 0.131. The fraction of sp³-hybridized carbons (Fsp3) is 0.636. The van der Waals surface area contributed by atoms with E-state index in [1.54, 1.807) is 18.1 Å². The molecule has 2 atom stereocenters. The molecule has 0 spiro atoms. The van der Waals surface area contributed by atoms with Crippen molar-refractivity contribution in [3.63, 3.8) is 0 Å². The molecule has 0 saturated heterocycles. The summed E-state index contributed by atoms with van der Waals surface area (Å²) < 4.78 is 0. The molecular formula is C11H16ClN3S. The predicted octanol–water partition coefficient (Wildman–Crippen LogP) is 3.02. The lowest BCUT2D eigenvalue weighted by molar-refractivity contribution is 0.168. The normalized spacial score (nSPS) is 27.2. The molecule has 1 N–H and O–H groups in total. The molecule has 1 heterocycles. The maximum absolute atomic E-state index is 6.18. The quantitative estimate of drug-likeness (QED) is 0.513. The van der Waals surface area contributed by atoms with Crippen LogP contribution in [-0.4, -0.2) is 27.6 Å². The number of nitrogens with one attached hydrogen (secondary N) is 1. The minimum Gasteiger partial charge on any atom is -0.367 e. The van der Waals surface area contributed by atoms with Gasteiger partial charge in [0, 0.05) is 22.9 Å². The van der Waals surface area contributed by atoms with Crippen LogP contribution in [0.15, 0.2) is 17.4 Å². The SMILES string of the molecule is CSc1cc(NC2CC(Cl)C2(C)C)ncn1. The summed E-state index contributed by atoms with van der Waals surface area (Å²) >= 11 is 7.80. The van der Waals surface area contributed by atoms with Crippen LogP contribution in [0.1, 0.15) is 20.3 Å². The molecule has 1 aliphatic carbocycles. The summed E-state index contributed by atoms with van der Waals surface area (Å²) in [5.74, 6) is 0.890. The number of hydrogen-bond donors (Lipinski definition) is 1. The van der Waals surface area contributed by atoms with E-state index in [-0.39, 0.29) is 10.8 Å². The first-order valence-electron chi connectivity index (χ1n) is 5.30. The summed E-state index contributed by atoms with van der Waals surface area (Å²) in [7, 11) is 0. The van der Waals surface area contributed by atoms with Crippen molar-refractivity contribution in [1.82, 2.24) is 9.97 Å². The van der Waals surface area contributed by atoms with Gasteiger partial charge < -0.3 is 5.32 Å². The Hall–Kier alpha value is -0.480. The Morgan fingerprint density at radius 1 is 1.50 bits per heavy atom. The maximum atomic E-state index is 6.18. The molecule has 2 unspecified atom stereocenters. The summed E-state index contributed by atoms with van der Waals surface area (Å²) in [5, 5.41) is 4.66. The Morgan fingerprint density at radius 3 is 2.81 bits per heavy atom. The van der Waals surface area contributed by atoms with E-state index in [2.05, 4.69) is 29.1 Å². The number of nitrogens with zero attached hydrogens (tertiary/aromatic N) is 2. The Bertz CT molecular complexity index is 383. The Morgan fingerprint density at radius 2 is 2.25 bits per heavy atom. The number of thioether (sulfide) groups is 1. The second-order valence-corrected chi connectivity index (χ2v) is 6.02. The van der Waals surface area contributed by atoms with Crippen LogP contribution in [0.5, 0.6) is 0 Å². The van der Waals surface area contributed by atoms with Gasteiger partial charge in [-0.15, -0.1) is 23.4 Å². The van der Waals surface area contributed by atoms with Crippen LogP contribution in [-0.2, 0) is 0 Å². The molecule has 1 aliphatic rings. The molecule has 88 valence electrons. The lowest BCUT2D eigenvalue weighted by Crippen LogP contribution is -2.54. The van der Waals surface area contributed by atoms with Gasteiger partial charge in [-0.2, -0.15) is 0 Å². The minimum atomic E-state index is 0.131. The highest BCUT2D eigenvalue weighted by Gasteiger charge is 2.47. The molecule has 5 heteroatoms. The van der Waals surface area contributed by atoms with E-state index in [9.17, 15) is 0 Å². The number of rotatable bonds is 3. The Balaban J connectivity index is 2.05. The first-order valence-corrected chi connectivity index (χ1v) is 6.97. The van der Waals surface area contributed by atoms with Gasteiger partial charge in [-0.05, 0) is 12.7 Å². The van der Waals surface area contributed by atoms with Crippen molar-refractivity contribution in [2.45, 2.75) is 36.7 Å². The van der Waals surface area contributed by atoms with Gasteiger partial charge in [-0.3, -0.25) is 0 Å². The lowest BCUT2D eigenvalue weighted by atomic mass is 9.67. The average Bonchev–Trinajstić information content (AvgIpc) is 2.29. The molecule has 0 aliphatic heterocycles. The molecule has 0 amide bonds. The topological polar surface area (TPSA) is 37.8 Å². The first-order chi connectivity index (χ1) is 7.54. The highest BCUT2D eigenvalue weighted by Crippen LogP contribution is 2.45. The van der Waals surface area contributed by atoms with E-state index < -0.39 is 0 Å². The first kappa shape index (κ1) is 12.0. The van der Waals surface area contributed by atoms with Crippen molar-refractivity contribution in [2.75, 3.05) is 11.6 Å². The zero-order valence-corrected chi connectivity index (χ0v) is 11.3. The highest BCUT2D eigenvalue weighted by molar-refractivity contribution is 7.98. The van der Waals surface area contributed by atoms with Crippen LogP contribution in [0.3, 0.4) is 0 Å². The Labute approximate surface area is 105 Å². The third-order valence-electron chi connectivity index (χ3n) is 3.32. The van der Waals surface area contributed by atoms with Crippen LogP contribution >= 0.6 is 23.4 Å². The van der Waals surface area contributed by atoms with Gasteiger partial charge in [0.25, 0.3) is 0 Å². The van der Waals surface area contributed by atoms with Gasteiger partial charge in [-0.25, -0.2) is 9.97 Å². The summed E-state index contributed by atoms with van der Waals surface area (Å²) in [5.41, 5.74) is 0.131. The number of aromatic nitrogens is 2. The monoisotopic (exact) mass is 257 g/mol. The van der Waals surface area contributed by atoms with Gasteiger partial charge in [0.05, 0.1) is 0 Å². The second kappa shape index (κ2) is 4.41. The van der Waals surface area contributed by atoms with E-state index in [0.717, 1.165) is 17.3 Å².